The van der Waals surface area contributed by atoms with Crippen LogP contribution in [0.25, 0.3) is 5.57 Å². The van der Waals surface area contributed by atoms with E-state index in [1.54, 1.807) is 4.90 Å². The van der Waals surface area contributed by atoms with Crippen molar-refractivity contribution in [1.82, 2.24) is 4.90 Å². The summed E-state index contributed by atoms with van der Waals surface area (Å²) in [6.45, 7) is 5.92. The Morgan fingerprint density at radius 2 is 1.87 bits per heavy atom. The molecule has 0 spiro atoms. The van der Waals surface area contributed by atoms with Gasteiger partial charge in [-0.2, -0.15) is 0 Å². The normalized spacial score (nSPS) is 13.4. The van der Waals surface area contributed by atoms with Gasteiger partial charge in [0.15, 0.2) is 12.0 Å². The molecular weight excluding hydrogens is 290 g/mol. The van der Waals surface area contributed by atoms with Gasteiger partial charge >= 0.3 is 0 Å². The zero-order chi connectivity index (χ0) is 17.2. The van der Waals surface area contributed by atoms with Gasteiger partial charge in [0.25, 0.3) is 0 Å². The van der Waals surface area contributed by atoms with Crippen LogP contribution in [0.1, 0.15) is 31.9 Å². The van der Waals surface area contributed by atoms with Gasteiger partial charge in [-0.3, -0.25) is 4.79 Å². The molecule has 0 aliphatic carbocycles. The summed E-state index contributed by atoms with van der Waals surface area (Å²) in [5, 5.41) is 18.9. The lowest BCUT2D eigenvalue weighted by Gasteiger charge is -2.18. The van der Waals surface area contributed by atoms with E-state index in [1.165, 1.54) is 19.3 Å². The van der Waals surface area contributed by atoms with Crippen LogP contribution in [0.15, 0.2) is 66.4 Å². The Hall–Kier alpha value is -2.75. The maximum atomic E-state index is 10.6. The van der Waals surface area contributed by atoms with Gasteiger partial charge in [0.05, 0.1) is 0 Å². The van der Waals surface area contributed by atoms with E-state index in [9.17, 15) is 15.0 Å². The second kappa shape index (κ2) is 9.30. The highest BCUT2D eigenvalue weighted by molar-refractivity contribution is 5.69. The topological polar surface area (TPSA) is 60.8 Å². The second-order valence-corrected chi connectivity index (χ2v) is 5.15. The van der Waals surface area contributed by atoms with E-state index in [0.29, 0.717) is 12.8 Å². The Labute approximate surface area is 137 Å². The van der Waals surface area contributed by atoms with Crippen molar-refractivity contribution in [3.63, 3.8) is 0 Å². The number of allylic oxidation sites excluding steroid dienone is 6. The Morgan fingerprint density at radius 3 is 2.48 bits per heavy atom. The molecule has 1 aromatic rings. The predicted molar refractivity (Wildman–Crippen MR) is 93.6 cm³/mol. The molecule has 4 nitrogen and oxygen atoms in total. The van der Waals surface area contributed by atoms with Gasteiger partial charge in [-0.25, -0.2) is 0 Å². The van der Waals surface area contributed by atoms with Crippen LogP contribution in [0.3, 0.4) is 0 Å². The average Bonchev–Trinajstić information content (AvgIpc) is 2.52. The minimum Gasteiger partial charge on any atom is -0.511 e. The van der Waals surface area contributed by atoms with Crippen molar-refractivity contribution in [3.8, 4) is 0 Å². The lowest BCUT2D eigenvalue weighted by Crippen LogP contribution is -2.13. The van der Waals surface area contributed by atoms with Gasteiger partial charge < -0.3 is 15.1 Å². The lowest BCUT2D eigenvalue weighted by atomic mass is 10.00. The fourth-order valence-corrected chi connectivity index (χ4v) is 2.14. The molecule has 0 aromatic heterocycles. The van der Waals surface area contributed by atoms with Crippen LogP contribution < -0.4 is 0 Å². The number of nitrogens with zero attached hydrogens (tertiary/aromatic N) is 1. The minimum atomic E-state index is -0.402. The largest absolute Gasteiger partial charge is 0.511 e. The number of hydrogen-bond donors (Lipinski definition) is 2. The van der Waals surface area contributed by atoms with Gasteiger partial charge in [0, 0.05) is 18.9 Å². The minimum absolute atomic E-state index is 0.0820. The van der Waals surface area contributed by atoms with Crippen LogP contribution in [-0.4, -0.2) is 21.4 Å². The van der Waals surface area contributed by atoms with E-state index in [2.05, 4.69) is 0 Å². The van der Waals surface area contributed by atoms with Crippen LogP contribution >= 0.6 is 0 Å². The highest BCUT2D eigenvalue weighted by Gasteiger charge is 2.07. The molecule has 0 saturated heterocycles. The van der Waals surface area contributed by atoms with Crippen molar-refractivity contribution in [1.29, 1.82) is 0 Å². The van der Waals surface area contributed by atoms with Crippen molar-refractivity contribution in [2.24, 2.45) is 0 Å². The Morgan fingerprint density at radius 1 is 1.17 bits per heavy atom. The molecule has 0 aliphatic heterocycles. The van der Waals surface area contributed by atoms with Crippen molar-refractivity contribution in [2.75, 3.05) is 0 Å². The molecule has 2 N–H and O–H groups in total. The van der Waals surface area contributed by atoms with Gasteiger partial charge in [0.1, 0.15) is 5.76 Å². The summed E-state index contributed by atoms with van der Waals surface area (Å²) in [7, 11) is 0. The zero-order valence-electron chi connectivity index (χ0n) is 13.7. The summed E-state index contributed by atoms with van der Waals surface area (Å²) in [4.78, 5) is 12.2. The first-order chi connectivity index (χ1) is 11.0. The first kappa shape index (κ1) is 18.3. The molecule has 0 fully saturated rings. The van der Waals surface area contributed by atoms with Gasteiger partial charge in [-0.15, -0.1) is 0 Å². The maximum absolute atomic E-state index is 10.6. The standard InChI is InChI=1S/C19H23NO3/c1-4-5-8-15(2)19-10-7-6-9-17(19)12-20(11-16(3)22)13-18(23)14-21/h4-11,13-14,22-23H,12H2,1-3H3/b5-4-,15-8+,16-11+,18-13+. The molecule has 0 aliphatic rings. The molecule has 0 amide bonds. The number of aldehydes is 1. The van der Waals surface area contributed by atoms with E-state index in [-0.39, 0.29) is 5.76 Å². The summed E-state index contributed by atoms with van der Waals surface area (Å²) < 4.78 is 0. The second-order valence-electron chi connectivity index (χ2n) is 5.15. The Bertz CT molecular complexity index is 650. The first-order valence-corrected chi connectivity index (χ1v) is 7.35. The van der Waals surface area contributed by atoms with E-state index < -0.39 is 5.76 Å². The highest BCUT2D eigenvalue weighted by atomic mass is 16.3. The molecule has 1 rings (SSSR count). The third kappa shape index (κ3) is 6.26. The number of hydrogen-bond acceptors (Lipinski definition) is 4. The summed E-state index contributed by atoms with van der Waals surface area (Å²) in [6.07, 6.45) is 9.06. The molecule has 0 heterocycles. The monoisotopic (exact) mass is 313 g/mol. The highest BCUT2D eigenvalue weighted by Crippen LogP contribution is 2.21. The van der Waals surface area contributed by atoms with E-state index >= 15 is 0 Å². The third-order valence-electron chi connectivity index (χ3n) is 3.11. The molecule has 0 bridgehead atoms. The van der Waals surface area contributed by atoms with Crippen molar-refractivity contribution < 1.29 is 15.0 Å². The average molecular weight is 313 g/mol. The first-order valence-electron chi connectivity index (χ1n) is 7.35. The molecule has 0 radical (unpaired) electrons. The molecule has 0 saturated carbocycles. The van der Waals surface area contributed by atoms with Crippen LogP contribution in [0.5, 0.6) is 0 Å². The number of aliphatic hydroxyl groups excluding tert-OH is 2. The molecule has 1 aromatic carbocycles. The maximum Gasteiger partial charge on any atom is 0.185 e. The number of benzene rings is 1. The lowest BCUT2D eigenvalue weighted by molar-refractivity contribution is -0.107. The summed E-state index contributed by atoms with van der Waals surface area (Å²) in [5.41, 5.74) is 3.18. The van der Waals surface area contributed by atoms with Crippen molar-refractivity contribution >= 4 is 11.9 Å². The number of carbonyl (C=O) groups excluding carboxylic acids is 1. The molecular formula is C19H23NO3. The van der Waals surface area contributed by atoms with Crippen LogP contribution in [0.2, 0.25) is 0 Å². The summed E-state index contributed by atoms with van der Waals surface area (Å²) >= 11 is 0. The van der Waals surface area contributed by atoms with Gasteiger partial charge in [-0.1, -0.05) is 42.5 Å². The summed E-state index contributed by atoms with van der Waals surface area (Å²) in [6, 6.07) is 7.88. The third-order valence-corrected chi connectivity index (χ3v) is 3.11. The predicted octanol–water partition coefficient (Wildman–Crippen LogP) is 4.49. The molecule has 23 heavy (non-hydrogen) atoms. The quantitative estimate of drug-likeness (QED) is 0.337. The number of aliphatic hydroxyl groups is 2. The van der Waals surface area contributed by atoms with Crippen LogP contribution in [0.4, 0.5) is 0 Å². The van der Waals surface area contributed by atoms with Crippen LogP contribution in [-0.2, 0) is 11.3 Å². The smallest absolute Gasteiger partial charge is 0.185 e. The van der Waals surface area contributed by atoms with Gasteiger partial charge in [0.2, 0.25) is 0 Å². The fourth-order valence-electron chi connectivity index (χ4n) is 2.14. The van der Waals surface area contributed by atoms with Crippen LogP contribution in [0, 0.1) is 0 Å². The van der Waals surface area contributed by atoms with Crippen molar-refractivity contribution in [3.05, 3.63) is 77.5 Å². The fraction of sp³-hybridized carbons (Fsp3) is 0.211. The molecule has 122 valence electrons. The molecule has 0 atom stereocenters. The van der Waals surface area contributed by atoms with Gasteiger partial charge in [-0.05, 0) is 37.5 Å². The van der Waals surface area contributed by atoms with E-state index in [4.69, 9.17) is 0 Å². The summed E-state index contributed by atoms with van der Waals surface area (Å²) in [5.74, 6) is -0.320. The number of rotatable bonds is 7. The van der Waals surface area contributed by atoms with Crippen molar-refractivity contribution in [2.45, 2.75) is 27.3 Å². The van der Waals surface area contributed by atoms with E-state index in [1.807, 2.05) is 56.3 Å². The Balaban J connectivity index is 3.19. The zero-order valence-corrected chi connectivity index (χ0v) is 13.7. The Kier molecular flexibility index (Phi) is 7.40. The molecule has 4 heteroatoms. The number of carbonyl (C=O) groups is 1. The SMILES string of the molecule is C/C=C\C=C(/C)c1ccccc1CN(/C=C(\C)O)/C=C(/O)C=O. The van der Waals surface area contributed by atoms with E-state index in [0.717, 1.165) is 16.7 Å². The molecule has 0 unspecified atom stereocenters.